The second-order valence-electron chi connectivity index (χ2n) is 7.30. The van der Waals surface area contributed by atoms with E-state index >= 15 is 0 Å². The van der Waals surface area contributed by atoms with E-state index in [0.29, 0.717) is 5.41 Å². The number of piperazine rings is 1. The summed E-state index contributed by atoms with van der Waals surface area (Å²) >= 11 is 0. The quantitative estimate of drug-likeness (QED) is 0.665. The molecule has 0 amide bonds. The first-order valence-corrected chi connectivity index (χ1v) is 8.63. The molecule has 2 heterocycles. The lowest BCUT2D eigenvalue weighted by Crippen LogP contribution is -2.52. The predicted octanol–water partition coefficient (Wildman–Crippen LogP) is 2.19. The van der Waals surface area contributed by atoms with Gasteiger partial charge in [0.2, 0.25) is 0 Å². The minimum Gasteiger partial charge on any atom is -0.364 e. The maximum absolute atomic E-state index is 4.90. The van der Waals surface area contributed by atoms with Crippen molar-refractivity contribution < 1.29 is 4.52 Å². The van der Waals surface area contributed by atoms with Crippen molar-refractivity contribution in [1.82, 2.24) is 20.3 Å². The third kappa shape index (κ3) is 6.22. The van der Waals surface area contributed by atoms with E-state index in [2.05, 4.69) is 48.0 Å². The highest BCUT2D eigenvalue weighted by Gasteiger charge is 2.20. The second kappa shape index (κ2) is 8.34. The van der Waals surface area contributed by atoms with Gasteiger partial charge in [-0.3, -0.25) is 9.89 Å². The molecule has 0 unspecified atom stereocenters. The van der Waals surface area contributed by atoms with Gasteiger partial charge >= 0.3 is 0 Å². The monoisotopic (exact) mass is 321 g/mol. The summed E-state index contributed by atoms with van der Waals surface area (Å²) in [5, 5.41) is 7.42. The van der Waals surface area contributed by atoms with Crippen molar-refractivity contribution in [3.63, 3.8) is 0 Å². The lowest BCUT2D eigenvalue weighted by atomic mass is 9.92. The summed E-state index contributed by atoms with van der Waals surface area (Å²) < 4.78 is 4.90. The lowest BCUT2D eigenvalue weighted by Gasteiger charge is -2.36. The van der Waals surface area contributed by atoms with Crippen LogP contribution < -0.4 is 5.32 Å². The molecule has 0 aliphatic carbocycles. The maximum atomic E-state index is 4.90. The van der Waals surface area contributed by atoms with E-state index < -0.39 is 0 Å². The molecule has 1 N–H and O–H groups in total. The van der Waals surface area contributed by atoms with E-state index in [9.17, 15) is 0 Å². The first-order chi connectivity index (χ1) is 11.0. The Kier molecular flexibility index (Phi) is 6.45. The molecule has 130 valence electrons. The van der Waals surface area contributed by atoms with Gasteiger partial charge in [0.15, 0.2) is 5.96 Å². The maximum Gasteiger partial charge on any atom is 0.194 e. The number of hydrogen-bond donors (Lipinski definition) is 1. The van der Waals surface area contributed by atoms with Crippen molar-refractivity contribution in [2.24, 2.45) is 10.4 Å². The number of rotatable bonds is 5. The Morgan fingerprint density at radius 2 is 2.04 bits per heavy atom. The van der Waals surface area contributed by atoms with E-state index in [1.165, 1.54) is 0 Å². The Bertz CT molecular complexity index is 470. The van der Waals surface area contributed by atoms with Crippen LogP contribution in [0.1, 0.15) is 39.8 Å². The van der Waals surface area contributed by atoms with Crippen LogP contribution in [0.5, 0.6) is 0 Å². The van der Waals surface area contributed by atoms with E-state index in [4.69, 9.17) is 9.52 Å². The molecule has 0 saturated carbocycles. The van der Waals surface area contributed by atoms with Crippen LogP contribution in [-0.2, 0) is 6.54 Å². The number of nitrogens with one attached hydrogen (secondary N) is 1. The van der Waals surface area contributed by atoms with Crippen molar-refractivity contribution in [3.8, 4) is 0 Å². The molecule has 0 bridgehead atoms. The van der Waals surface area contributed by atoms with Gasteiger partial charge in [0, 0.05) is 51.9 Å². The molecule has 1 aromatic rings. The fourth-order valence-corrected chi connectivity index (χ4v) is 2.59. The summed E-state index contributed by atoms with van der Waals surface area (Å²) in [6.07, 6.45) is 2.74. The van der Waals surface area contributed by atoms with Gasteiger partial charge in [-0.05, 0) is 18.8 Å². The number of aliphatic imine (C=N–C) groups is 1. The summed E-state index contributed by atoms with van der Waals surface area (Å²) in [5.41, 5.74) is 1.33. The molecule has 1 aromatic heterocycles. The van der Waals surface area contributed by atoms with Crippen molar-refractivity contribution in [2.45, 2.75) is 40.7 Å². The zero-order valence-corrected chi connectivity index (χ0v) is 15.0. The van der Waals surface area contributed by atoms with Crippen molar-refractivity contribution in [2.75, 3.05) is 39.3 Å². The summed E-state index contributed by atoms with van der Waals surface area (Å²) in [4.78, 5) is 9.59. The molecule has 0 aromatic carbocycles. The van der Waals surface area contributed by atoms with E-state index in [1.807, 2.05) is 6.07 Å². The number of hydrogen-bond acceptors (Lipinski definition) is 4. The van der Waals surface area contributed by atoms with Crippen LogP contribution in [-0.4, -0.2) is 60.2 Å². The highest BCUT2D eigenvalue weighted by Crippen LogP contribution is 2.18. The molecule has 6 heteroatoms. The number of guanidine groups is 1. The van der Waals surface area contributed by atoms with Gasteiger partial charge in [-0.2, -0.15) is 0 Å². The molecule has 0 atom stereocenters. The van der Waals surface area contributed by atoms with Crippen LogP contribution in [0.4, 0.5) is 0 Å². The second-order valence-corrected chi connectivity index (χ2v) is 7.30. The van der Waals surface area contributed by atoms with Crippen molar-refractivity contribution in [3.05, 3.63) is 18.0 Å². The molecule has 0 spiro atoms. The largest absolute Gasteiger partial charge is 0.364 e. The molecule has 6 nitrogen and oxygen atoms in total. The Morgan fingerprint density at radius 3 is 2.61 bits per heavy atom. The summed E-state index contributed by atoms with van der Waals surface area (Å²) in [5.74, 6) is 1.05. The molecule has 1 fully saturated rings. The Hall–Kier alpha value is -1.56. The van der Waals surface area contributed by atoms with Crippen LogP contribution in [0, 0.1) is 5.41 Å². The third-order valence-electron chi connectivity index (χ3n) is 4.01. The highest BCUT2D eigenvalue weighted by atomic mass is 16.5. The summed E-state index contributed by atoms with van der Waals surface area (Å²) in [6.45, 7) is 15.6. The molecule has 23 heavy (non-hydrogen) atoms. The fraction of sp³-hybridized carbons (Fsp3) is 0.765. The van der Waals surface area contributed by atoms with Gasteiger partial charge in [-0.25, -0.2) is 0 Å². The third-order valence-corrected chi connectivity index (χ3v) is 4.01. The van der Waals surface area contributed by atoms with Gasteiger partial charge in [0.1, 0.15) is 6.26 Å². The normalized spacial score (nSPS) is 17.6. The van der Waals surface area contributed by atoms with Crippen LogP contribution in [0.2, 0.25) is 0 Å². The zero-order chi connectivity index (χ0) is 16.7. The molecule has 2 rings (SSSR count). The molecule has 1 aliphatic heterocycles. The number of aromatic nitrogens is 1. The fourth-order valence-electron chi connectivity index (χ4n) is 2.59. The summed E-state index contributed by atoms with van der Waals surface area (Å²) in [7, 11) is 0. The molecular weight excluding hydrogens is 290 g/mol. The minimum atomic E-state index is 0.330. The van der Waals surface area contributed by atoms with E-state index in [-0.39, 0.29) is 0 Å². The smallest absolute Gasteiger partial charge is 0.194 e. The highest BCUT2D eigenvalue weighted by molar-refractivity contribution is 5.80. The van der Waals surface area contributed by atoms with Crippen LogP contribution >= 0.6 is 0 Å². The van der Waals surface area contributed by atoms with Crippen molar-refractivity contribution in [1.29, 1.82) is 0 Å². The van der Waals surface area contributed by atoms with Gasteiger partial charge in [-0.1, -0.05) is 25.9 Å². The predicted molar refractivity (Wildman–Crippen MR) is 93.4 cm³/mol. The Labute approximate surface area is 139 Å². The average molecular weight is 321 g/mol. The van der Waals surface area contributed by atoms with Gasteiger partial charge in [-0.15, -0.1) is 0 Å². The molecule has 1 aliphatic rings. The standard InChI is InChI=1S/C17H31N5O/c1-5-18-16(19-8-7-17(2,3)4)22-11-9-21(10-12-22)14-15-6-13-23-20-15/h6,13H,5,7-12,14H2,1-4H3,(H,18,19). The summed E-state index contributed by atoms with van der Waals surface area (Å²) in [6, 6.07) is 1.93. The molecule has 0 radical (unpaired) electrons. The van der Waals surface area contributed by atoms with E-state index in [0.717, 1.165) is 63.9 Å². The van der Waals surface area contributed by atoms with Crippen LogP contribution in [0.3, 0.4) is 0 Å². The minimum absolute atomic E-state index is 0.330. The first kappa shape index (κ1) is 17.8. The molecule has 1 saturated heterocycles. The topological polar surface area (TPSA) is 56.9 Å². The van der Waals surface area contributed by atoms with Gasteiger partial charge in [0.25, 0.3) is 0 Å². The van der Waals surface area contributed by atoms with Gasteiger partial charge < -0.3 is 14.7 Å². The SMILES string of the molecule is CCNC(=NCCC(C)(C)C)N1CCN(Cc2ccon2)CC1. The van der Waals surface area contributed by atoms with E-state index in [1.54, 1.807) is 6.26 Å². The average Bonchev–Trinajstić information content (AvgIpc) is 2.99. The number of nitrogens with zero attached hydrogens (tertiary/aromatic N) is 4. The lowest BCUT2D eigenvalue weighted by molar-refractivity contribution is 0.169. The van der Waals surface area contributed by atoms with Gasteiger partial charge in [0.05, 0.1) is 5.69 Å². The van der Waals surface area contributed by atoms with Crippen LogP contribution in [0.25, 0.3) is 0 Å². The van der Waals surface area contributed by atoms with Crippen molar-refractivity contribution >= 4 is 5.96 Å². The zero-order valence-electron chi connectivity index (χ0n) is 15.0. The Morgan fingerprint density at radius 1 is 1.30 bits per heavy atom. The van der Waals surface area contributed by atoms with Crippen LogP contribution in [0.15, 0.2) is 21.8 Å². The molecular formula is C17H31N5O. The first-order valence-electron chi connectivity index (χ1n) is 8.63. The Balaban J connectivity index is 1.83.